The summed E-state index contributed by atoms with van der Waals surface area (Å²) in [5, 5.41) is 19.9. The fraction of sp³-hybridized carbons (Fsp3) is 0.704. The molecule has 1 aliphatic rings. The summed E-state index contributed by atoms with van der Waals surface area (Å²) in [6.07, 6.45) is 19.2. The highest BCUT2D eigenvalue weighted by atomic mass is 16.6. The molecule has 1 aliphatic carbocycles. The van der Waals surface area contributed by atoms with Crippen LogP contribution in [0.3, 0.4) is 0 Å². The highest BCUT2D eigenvalue weighted by Crippen LogP contribution is 2.35. The molecule has 0 saturated heterocycles. The molecule has 0 spiro atoms. The number of esters is 1. The predicted molar refractivity (Wildman–Crippen MR) is 127 cm³/mol. The number of unbranched alkanes of at least 4 members (excludes halogenated alkanes) is 6. The van der Waals surface area contributed by atoms with Gasteiger partial charge in [-0.2, -0.15) is 0 Å². The van der Waals surface area contributed by atoms with E-state index >= 15 is 0 Å². The van der Waals surface area contributed by atoms with Crippen LogP contribution in [-0.4, -0.2) is 28.6 Å². The molecule has 0 amide bonds. The third-order valence-electron chi connectivity index (χ3n) is 5.84. The number of carbonyl (C=O) groups excluding carboxylic acids is 1. The molecule has 4 heteroatoms. The SMILES string of the molecule is CCCCCCCC/C=C/C1=C(CC=C=C(C)CC(O)(O)C(=O)OCCC)[C@@H](C)CC1. The third kappa shape index (κ3) is 11.0. The zero-order valence-corrected chi connectivity index (χ0v) is 20.2. The molecule has 2 N–H and O–H groups in total. The molecular formula is C27H44O4. The Morgan fingerprint density at radius 1 is 1.16 bits per heavy atom. The number of ether oxygens (including phenoxy) is 1. The van der Waals surface area contributed by atoms with Crippen molar-refractivity contribution in [3.05, 3.63) is 40.7 Å². The van der Waals surface area contributed by atoms with Gasteiger partial charge in [-0.3, -0.25) is 0 Å². The van der Waals surface area contributed by atoms with E-state index in [0.717, 1.165) is 19.3 Å². The quantitative estimate of drug-likeness (QED) is 0.133. The summed E-state index contributed by atoms with van der Waals surface area (Å²) in [5.41, 5.74) is 6.63. The van der Waals surface area contributed by atoms with E-state index in [1.807, 2.05) is 13.0 Å². The first kappa shape index (κ1) is 27.4. The van der Waals surface area contributed by atoms with Gasteiger partial charge in [0.05, 0.1) is 6.61 Å². The van der Waals surface area contributed by atoms with Crippen molar-refractivity contribution in [2.75, 3.05) is 6.61 Å². The standard InChI is InChI=1S/C27H44O4/c1-5-7-8-9-10-11-12-13-16-24-19-18-23(4)25(24)17-14-15-22(3)21-27(29,30)26(28)31-20-6-2/h13-14,16,23,29-30H,5-12,17-21H2,1-4H3/b16-13+/t15?,23-/m0/s1. The van der Waals surface area contributed by atoms with Crippen LogP contribution in [0, 0.1) is 5.92 Å². The van der Waals surface area contributed by atoms with E-state index in [0.29, 0.717) is 17.9 Å². The van der Waals surface area contributed by atoms with Crippen LogP contribution in [0.25, 0.3) is 0 Å². The first-order chi connectivity index (χ1) is 14.8. The Balaban J connectivity index is 2.59. The molecule has 0 aromatic carbocycles. The van der Waals surface area contributed by atoms with Gasteiger partial charge in [-0.15, -0.1) is 5.73 Å². The summed E-state index contributed by atoms with van der Waals surface area (Å²) >= 11 is 0. The Kier molecular flexibility index (Phi) is 13.5. The maximum Gasteiger partial charge on any atom is 0.366 e. The lowest BCUT2D eigenvalue weighted by Gasteiger charge is -2.19. The zero-order chi connectivity index (χ0) is 23.1. The molecule has 1 rings (SSSR count). The van der Waals surface area contributed by atoms with Gasteiger partial charge >= 0.3 is 5.97 Å². The number of allylic oxidation sites excluding steroid dienone is 4. The lowest BCUT2D eigenvalue weighted by Crippen LogP contribution is -2.40. The monoisotopic (exact) mass is 432 g/mol. The van der Waals surface area contributed by atoms with Crippen LogP contribution < -0.4 is 0 Å². The third-order valence-corrected chi connectivity index (χ3v) is 5.84. The molecule has 4 nitrogen and oxygen atoms in total. The van der Waals surface area contributed by atoms with Crippen LogP contribution in [0.15, 0.2) is 40.7 Å². The van der Waals surface area contributed by atoms with Crippen LogP contribution >= 0.6 is 0 Å². The minimum absolute atomic E-state index is 0.182. The molecule has 0 fully saturated rings. The van der Waals surface area contributed by atoms with E-state index in [1.54, 1.807) is 6.92 Å². The summed E-state index contributed by atoms with van der Waals surface area (Å²) in [7, 11) is 0. The number of aliphatic hydroxyl groups is 2. The second-order valence-electron chi connectivity index (χ2n) is 8.91. The normalized spacial score (nSPS) is 16.6. The van der Waals surface area contributed by atoms with Gasteiger partial charge in [-0.25, -0.2) is 4.79 Å². The molecule has 0 aromatic heterocycles. The van der Waals surface area contributed by atoms with Gasteiger partial charge in [0, 0.05) is 6.42 Å². The molecule has 0 heterocycles. The number of carbonyl (C=O) groups is 1. The molecule has 176 valence electrons. The van der Waals surface area contributed by atoms with Crippen LogP contribution in [0.2, 0.25) is 0 Å². The topological polar surface area (TPSA) is 66.8 Å². The predicted octanol–water partition coefficient (Wildman–Crippen LogP) is 6.54. The highest BCUT2D eigenvalue weighted by Gasteiger charge is 2.35. The second kappa shape index (κ2) is 15.2. The summed E-state index contributed by atoms with van der Waals surface area (Å²) in [6, 6.07) is 0. The van der Waals surface area contributed by atoms with E-state index in [2.05, 4.69) is 31.7 Å². The highest BCUT2D eigenvalue weighted by molar-refractivity contribution is 5.77. The van der Waals surface area contributed by atoms with E-state index in [-0.39, 0.29) is 13.0 Å². The van der Waals surface area contributed by atoms with Crippen molar-refractivity contribution in [2.24, 2.45) is 5.92 Å². The summed E-state index contributed by atoms with van der Waals surface area (Å²) < 4.78 is 4.84. The Morgan fingerprint density at radius 2 is 1.87 bits per heavy atom. The number of rotatable bonds is 15. The number of hydrogen-bond acceptors (Lipinski definition) is 4. The summed E-state index contributed by atoms with van der Waals surface area (Å²) in [5.74, 6) is -2.93. The fourth-order valence-electron chi connectivity index (χ4n) is 3.95. The van der Waals surface area contributed by atoms with Crippen molar-refractivity contribution in [1.29, 1.82) is 0 Å². The maximum absolute atomic E-state index is 11.8. The van der Waals surface area contributed by atoms with Crippen LogP contribution in [0.4, 0.5) is 0 Å². The van der Waals surface area contributed by atoms with Crippen LogP contribution in [0.5, 0.6) is 0 Å². The Hall–Kier alpha value is -1.61. The molecule has 0 saturated carbocycles. The molecule has 31 heavy (non-hydrogen) atoms. The zero-order valence-electron chi connectivity index (χ0n) is 20.2. The van der Waals surface area contributed by atoms with Gasteiger partial charge in [-0.1, -0.05) is 70.6 Å². The Morgan fingerprint density at radius 3 is 2.58 bits per heavy atom. The fourth-order valence-corrected chi connectivity index (χ4v) is 3.95. The van der Waals surface area contributed by atoms with Crippen molar-refractivity contribution in [3.63, 3.8) is 0 Å². The lowest BCUT2D eigenvalue weighted by atomic mass is 9.99. The van der Waals surface area contributed by atoms with E-state index in [1.165, 1.54) is 56.1 Å². The first-order valence-electron chi connectivity index (χ1n) is 12.2. The van der Waals surface area contributed by atoms with Crippen molar-refractivity contribution >= 4 is 5.97 Å². The molecule has 0 radical (unpaired) electrons. The van der Waals surface area contributed by atoms with Crippen molar-refractivity contribution in [3.8, 4) is 0 Å². The maximum atomic E-state index is 11.8. The van der Waals surface area contributed by atoms with E-state index in [9.17, 15) is 15.0 Å². The minimum atomic E-state index is -2.50. The number of hydrogen-bond donors (Lipinski definition) is 2. The van der Waals surface area contributed by atoms with Crippen molar-refractivity contribution in [1.82, 2.24) is 0 Å². The first-order valence-corrected chi connectivity index (χ1v) is 12.2. The van der Waals surface area contributed by atoms with E-state index < -0.39 is 11.8 Å². The Labute approximate surface area is 189 Å². The molecule has 1 atom stereocenters. The molecule has 0 bridgehead atoms. The smallest absolute Gasteiger partial charge is 0.366 e. The average molecular weight is 433 g/mol. The van der Waals surface area contributed by atoms with Crippen molar-refractivity contribution < 1.29 is 19.7 Å². The van der Waals surface area contributed by atoms with Crippen molar-refractivity contribution in [2.45, 2.75) is 111 Å². The summed E-state index contributed by atoms with van der Waals surface area (Å²) in [4.78, 5) is 11.8. The minimum Gasteiger partial charge on any atom is -0.462 e. The largest absolute Gasteiger partial charge is 0.462 e. The molecular weight excluding hydrogens is 388 g/mol. The van der Waals surface area contributed by atoms with Crippen LogP contribution in [0.1, 0.15) is 105 Å². The van der Waals surface area contributed by atoms with Crippen LogP contribution in [-0.2, 0) is 9.53 Å². The van der Waals surface area contributed by atoms with E-state index in [4.69, 9.17) is 4.74 Å². The van der Waals surface area contributed by atoms with Gasteiger partial charge in [-0.05, 0) is 68.6 Å². The summed E-state index contributed by atoms with van der Waals surface area (Å²) in [6.45, 7) is 8.30. The van der Waals surface area contributed by atoms with Gasteiger partial charge in [0.1, 0.15) is 0 Å². The lowest BCUT2D eigenvalue weighted by molar-refractivity contribution is -0.208. The molecule has 0 unspecified atom stereocenters. The molecule has 0 aliphatic heterocycles. The Bertz CT molecular complexity index is 663. The average Bonchev–Trinajstić information content (AvgIpc) is 3.07. The van der Waals surface area contributed by atoms with Gasteiger partial charge in [0.25, 0.3) is 5.79 Å². The van der Waals surface area contributed by atoms with Gasteiger partial charge in [0.15, 0.2) is 0 Å². The molecule has 0 aromatic rings. The second-order valence-corrected chi connectivity index (χ2v) is 8.91. The van der Waals surface area contributed by atoms with Gasteiger partial charge < -0.3 is 14.9 Å². The van der Waals surface area contributed by atoms with Gasteiger partial charge in [0.2, 0.25) is 0 Å².